The molecule has 3 heterocycles. The van der Waals surface area contributed by atoms with Gasteiger partial charge >= 0.3 is 5.97 Å². The van der Waals surface area contributed by atoms with Crippen LogP contribution in [0.15, 0.2) is 97.1 Å². The van der Waals surface area contributed by atoms with Gasteiger partial charge in [0.05, 0.1) is 16.8 Å². The number of rotatable bonds is 6. The highest BCUT2D eigenvalue weighted by Crippen LogP contribution is 2.43. The number of fused-ring (bicyclic) bond motifs is 3. The van der Waals surface area contributed by atoms with Gasteiger partial charge in [-0.05, 0) is 30.7 Å². The molecular formula is C30H22N4O2S. The molecule has 0 saturated heterocycles. The molecule has 3 aromatic heterocycles. The predicted molar refractivity (Wildman–Crippen MR) is 149 cm³/mol. The molecule has 0 amide bonds. The van der Waals surface area contributed by atoms with Crippen LogP contribution in [0.5, 0.6) is 0 Å². The summed E-state index contributed by atoms with van der Waals surface area (Å²) in [4.78, 5) is 18.7. The molecule has 1 N–H and O–H groups in total. The van der Waals surface area contributed by atoms with Crippen LogP contribution in [-0.4, -0.2) is 27.8 Å². The van der Waals surface area contributed by atoms with Gasteiger partial charge in [-0.3, -0.25) is 0 Å². The van der Waals surface area contributed by atoms with Crippen LogP contribution < -0.4 is 5.32 Å². The van der Waals surface area contributed by atoms with E-state index in [2.05, 4.69) is 27.6 Å². The molecule has 180 valence electrons. The number of hydrogen-bond donors (Lipinski definition) is 1. The molecule has 0 aliphatic carbocycles. The van der Waals surface area contributed by atoms with Crippen molar-refractivity contribution >= 4 is 49.2 Å². The van der Waals surface area contributed by atoms with Gasteiger partial charge in [-0.15, -0.1) is 21.5 Å². The lowest BCUT2D eigenvalue weighted by atomic mass is 9.97. The molecule has 6 aromatic rings. The van der Waals surface area contributed by atoms with Crippen molar-refractivity contribution in [2.24, 2.45) is 0 Å². The fourth-order valence-corrected chi connectivity index (χ4v) is 5.38. The molecule has 0 fully saturated rings. The maximum Gasteiger partial charge on any atom is 0.341 e. The van der Waals surface area contributed by atoms with Gasteiger partial charge in [0.1, 0.15) is 21.9 Å². The third-order valence-corrected chi connectivity index (χ3v) is 7.02. The quantitative estimate of drug-likeness (QED) is 0.238. The van der Waals surface area contributed by atoms with Crippen molar-refractivity contribution in [3.8, 4) is 22.4 Å². The van der Waals surface area contributed by atoms with Crippen LogP contribution in [0.1, 0.15) is 17.3 Å². The van der Waals surface area contributed by atoms with Gasteiger partial charge in [0.25, 0.3) is 0 Å². The summed E-state index contributed by atoms with van der Waals surface area (Å²) in [5.41, 5.74) is 5.71. The number of anilines is 2. The number of ether oxygens (including phenoxy) is 1. The van der Waals surface area contributed by atoms with Gasteiger partial charge in [0, 0.05) is 22.2 Å². The lowest BCUT2D eigenvalue weighted by Crippen LogP contribution is -2.09. The molecule has 0 aliphatic heterocycles. The van der Waals surface area contributed by atoms with E-state index >= 15 is 0 Å². The molecule has 0 atom stereocenters. The van der Waals surface area contributed by atoms with Crippen molar-refractivity contribution in [3.05, 3.63) is 103 Å². The van der Waals surface area contributed by atoms with Crippen LogP contribution in [0.3, 0.4) is 0 Å². The zero-order valence-corrected chi connectivity index (χ0v) is 20.8. The molecule has 3 aromatic carbocycles. The lowest BCUT2D eigenvalue weighted by Gasteiger charge is -2.12. The summed E-state index contributed by atoms with van der Waals surface area (Å²) in [6, 6.07) is 31.7. The fraction of sp³-hybridized carbons (Fsp3) is 0.0667. The predicted octanol–water partition coefficient (Wildman–Crippen LogP) is 7.49. The van der Waals surface area contributed by atoms with Crippen LogP contribution in [0, 0.1) is 0 Å². The number of thiophene rings is 1. The van der Waals surface area contributed by atoms with Crippen molar-refractivity contribution < 1.29 is 9.53 Å². The first-order valence-corrected chi connectivity index (χ1v) is 12.8. The molecule has 6 nitrogen and oxygen atoms in total. The van der Waals surface area contributed by atoms with Crippen LogP contribution in [-0.2, 0) is 4.74 Å². The Morgan fingerprint density at radius 1 is 0.865 bits per heavy atom. The van der Waals surface area contributed by atoms with E-state index in [0.29, 0.717) is 11.4 Å². The van der Waals surface area contributed by atoms with E-state index in [4.69, 9.17) is 9.72 Å². The highest BCUT2D eigenvalue weighted by atomic mass is 32.1. The van der Waals surface area contributed by atoms with Gasteiger partial charge < -0.3 is 10.1 Å². The summed E-state index contributed by atoms with van der Waals surface area (Å²) in [6.07, 6.45) is 0. The van der Waals surface area contributed by atoms with E-state index in [1.54, 1.807) is 6.92 Å². The zero-order chi connectivity index (χ0) is 25.2. The van der Waals surface area contributed by atoms with E-state index in [9.17, 15) is 4.79 Å². The van der Waals surface area contributed by atoms with Crippen molar-refractivity contribution in [1.82, 2.24) is 15.2 Å². The number of nitrogens with zero attached hydrogens (tertiary/aromatic N) is 3. The summed E-state index contributed by atoms with van der Waals surface area (Å²) in [6.45, 7) is 2.07. The Balaban J connectivity index is 1.66. The van der Waals surface area contributed by atoms with Crippen molar-refractivity contribution in [2.45, 2.75) is 6.92 Å². The average molecular weight is 503 g/mol. The fourth-order valence-electron chi connectivity index (χ4n) is 4.37. The van der Waals surface area contributed by atoms with Crippen LogP contribution in [0.2, 0.25) is 0 Å². The number of carbonyl (C=O) groups excluding carboxylic acids is 1. The monoisotopic (exact) mass is 502 g/mol. The SMILES string of the molecule is CCOC(=O)c1cc2sc3nnc(-c4ccccc4)c(-c4ccccc4)c3c2nc1Nc1ccccc1. The van der Waals surface area contributed by atoms with E-state index in [1.165, 1.54) is 11.3 Å². The largest absolute Gasteiger partial charge is 0.462 e. The molecule has 37 heavy (non-hydrogen) atoms. The van der Waals surface area contributed by atoms with E-state index in [0.717, 1.165) is 48.5 Å². The Bertz CT molecular complexity index is 1720. The zero-order valence-electron chi connectivity index (χ0n) is 20.0. The number of esters is 1. The minimum absolute atomic E-state index is 0.276. The maximum atomic E-state index is 12.9. The molecule has 0 saturated carbocycles. The molecule has 6 rings (SSSR count). The number of hydrogen-bond acceptors (Lipinski definition) is 7. The third kappa shape index (κ3) is 4.30. The molecule has 0 bridgehead atoms. The number of pyridine rings is 1. The molecule has 0 aliphatic rings. The van der Waals surface area contributed by atoms with Crippen LogP contribution >= 0.6 is 11.3 Å². The maximum absolute atomic E-state index is 12.9. The molecular weight excluding hydrogens is 480 g/mol. The Kier molecular flexibility index (Phi) is 6.04. The minimum Gasteiger partial charge on any atom is -0.462 e. The Labute approximate surface area is 217 Å². The Morgan fingerprint density at radius 2 is 1.51 bits per heavy atom. The van der Waals surface area contributed by atoms with Crippen LogP contribution in [0.4, 0.5) is 11.5 Å². The first kappa shape index (κ1) is 22.8. The second kappa shape index (κ2) is 9.79. The number of benzene rings is 3. The van der Waals surface area contributed by atoms with Gasteiger partial charge in [-0.2, -0.15) is 0 Å². The number of nitrogens with one attached hydrogen (secondary N) is 1. The number of aromatic nitrogens is 3. The standard InChI is InChI=1S/C30H22N4O2S/c1-2-36-30(35)22-18-23-27(32-28(22)31-21-16-10-5-11-17-21)25-24(19-12-6-3-7-13-19)26(33-34-29(25)37-23)20-14-8-4-9-15-20/h3-18H,2H2,1H3,(H,31,32). The van der Waals surface area contributed by atoms with Crippen LogP contribution in [0.25, 0.3) is 42.8 Å². The number of para-hydroxylation sites is 1. The second-order valence-electron chi connectivity index (χ2n) is 8.38. The topological polar surface area (TPSA) is 77.0 Å². The molecule has 0 radical (unpaired) electrons. The summed E-state index contributed by atoms with van der Waals surface area (Å²) in [5, 5.41) is 13.5. The summed E-state index contributed by atoms with van der Waals surface area (Å²) in [5.74, 6) is 0.0149. The first-order chi connectivity index (χ1) is 18.2. The number of carbonyl (C=O) groups is 1. The van der Waals surface area contributed by atoms with Crippen molar-refractivity contribution in [1.29, 1.82) is 0 Å². The summed E-state index contributed by atoms with van der Waals surface area (Å²) >= 11 is 1.47. The highest BCUT2D eigenvalue weighted by Gasteiger charge is 2.23. The summed E-state index contributed by atoms with van der Waals surface area (Å²) in [7, 11) is 0. The van der Waals surface area contributed by atoms with E-state index in [1.807, 2.05) is 84.9 Å². The van der Waals surface area contributed by atoms with Crippen molar-refractivity contribution in [3.63, 3.8) is 0 Å². The van der Waals surface area contributed by atoms with Crippen molar-refractivity contribution in [2.75, 3.05) is 11.9 Å². The van der Waals surface area contributed by atoms with Gasteiger partial charge in [0.15, 0.2) is 0 Å². The summed E-state index contributed by atoms with van der Waals surface area (Å²) < 4.78 is 6.20. The average Bonchev–Trinajstić information content (AvgIpc) is 3.31. The Hall–Kier alpha value is -4.62. The third-order valence-electron chi connectivity index (χ3n) is 6.01. The van der Waals surface area contributed by atoms with Gasteiger partial charge in [-0.1, -0.05) is 78.9 Å². The second-order valence-corrected chi connectivity index (χ2v) is 9.41. The minimum atomic E-state index is -0.424. The molecule has 0 spiro atoms. The van der Waals surface area contributed by atoms with E-state index < -0.39 is 5.97 Å². The smallest absolute Gasteiger partial charge is 0.341 e. The molecule has 7 heteroatoms. The van der Waals surface area contributed by atoms with Gasteiger partial charge in [0.2, 0.25) is 0 Å². The van der Waals surface area contributed by atoms with E-state index in [-0.39, 0.29) is 6.61 Å². The highest BCUT2D eigenvalue weighted by molar-refractivity contribution is 7.25. The van der Waals surface area contributed by atoms with Gasteiger partial charge in [-0.25, -0.2) is 9.78 Å². The Morgan fingerprint density at radius 3 is 2.19 bits per heavy atom. The normalized spacial score (nSPS) is 11.1. The first-order valence-electron chi connectivity index (χ1n) is 12.0. The lowest BCUT2D eigenvalue weighted by molar-refractivity contribution is 0.0527. The molecule has 0 unspecified atom stereocenters.